The van der Waals surface area contributed by atoms with Crippen LogP contribution in [0.15, 0.2) is 29.3 Å². The van der Waals surface area contributed by atoms with Gasteiger partial charge in [0.15, 0.2) is 5.96 Å². The van der Waals surface area contributed by atoms with Crippen LogP contribution in [0.2, 0.25) is 0 Å². The number of carbonyl (C=O) groups excluding carboxylic acids is 1. The lowest BCUT2D eigenvalue weighted by molar-refractivity contribution is -0.122. The molecule has 0 atom stereocenters. The van der Waals surface area contributed by atoms with Crippen molar-refractivity contribution in [3.8, 4) is 0 Å². The summed E-state index contributed by atoms with van der Waals surface area (Å²) in [6, 6.07) is 6.51. The van der Waals surface area contributed by atoms with E-state index in [4.69, 9.17) is 0 Å². The van der Waals surface area contributed by atoms with Crippen LogP contribution in [0, 0.1) is 11.7 Å². The molecule has 0 saturated heterocycles. The van der Waals surface area contributed by atoms with Gasteiger partial charge in [-0.3, -0.25) is 9.79 Å². The zero-order valence-corrected chi connectivity index (χ0v) is 18.4. The van der Waals surface area contributed by atoms with Crippen molar-refractivity contribution in [3.63, 3.8) is 0 Å². The average molecular weight is 490 g/mol. The first-order valence-corrected chi connectivity index (χ1v) is 9.63. The van der Waals surface area contributed by atoms with Crippen LogP contribution in [0.5, 0.6) is 0 Å². The maximum absolute atomic E-state index is 12.9. The Morgan fingerprint density at radius 1 is 1.04 bits per heavy atom. The number of aliphatic imine (C=N–C) groups is 1. The molecular weight excluding hydrogens is 458 g/mol. The molecule has 1 fully saturated rings. The minimum atomic E-state index is -0.218. The number of hydrogen-bond acceptors (Lipinski definition) is 2. The van der Waals surface area contributed by atoms with Crippen LogP contribution < -0.4 is 16.0 Å². The van der Waals surface area contributed by atoms with E-state index in [-0.39, 0.29) is 35.7 Å². The van der Waals surface area contributed by atoms with E-state index in [0.717, 1.165) is 12.0 Å². The van der Waals surface area contributed by atoms with Crippen molar-refractivity contribution >= 4 is 35.8 Å². The highest BCUT2D eigenvalue weighted by molar-refractivity contribution is 14.0. The SMILES string of the molecule is CN=C(NCCNC(=O)CC1CCCCC1)NCCc1ccc(F)cc1.I. The summed E-state index contributed by atoms with van der Waals surface area (Å²) in [6.45, 7) is 1.93. The smallest absolute Gasteiger partial charge is 0.220 e. The quantitative estimate of drug-likeness (QED) is 0.227. The number of benzene rings is 1. The van der Waals surface area contributed by atoms with E-state index in [1.807, 2.05) is 0 Å². The van der Waals surface area contributed by atoms with Crippen molar-refractivity contribution in [2.45, 2.75) is 44.9 Å². The summed E-state index contributed by atoms with van der Waals surface area (Å²) in [7, 11) is 1.72. The molecule has 1 aliphatic carbocycles. The Balaban J connectivity index is 0.00000364. The summed E-state index contributed by atoms with van der Waals surface area (Å²) in [5.74, 6) is 1.20. The van der Waals surface area contributed by atoms with E-state index in [1.165, 1.54) is 44.2 Å². The predicted molar refractivity (Wildman–Crippen MR) is 119 cm³/mol. The number of nitrogens with zero attached hydrogens (tertiary/aromatic N) is 1. The molecule has 27 heavy (non-hydrogen) atoms. The fourth-order valence-corrected chi connectivity index (χ4v) is 3.31. The van der Waals surface area contributed by atoms with Crippen molar-refractivity contribution in [2.24, 2.45) is 10.9 Å². The lowest BCUT2D eigenvalue weighted by atomic mass is 9.87. The molecule has 0 radical (unpaired) electrons. The molecule has 0 unspecified atom stereocenters. The van der Waals surface area contributed by atoms with Crippen molar-refractivity contribution in [2.75, 3.05) is 26.7 Å². The molecule has 1 saturated carbocycles. The summed E-state index contributed by atoms with van der Waals surface area (Å²) in [6.07, 6.45) is 7.67. The highest BCUT2D eigenvalue weighted by Crippen LogP contribution is 2.25. The van der Waals surface area contributed by atoms with E-state index >= 15 is 0 Å². The van der Waals surface area contributed by atoms with Gasteiger partial charge in [0.05, 0.1) is 0 Å². The second-order valence-electron chi connectivity index (χ2n) is 6.86. The number of guanidine groups is 1. The third-order valence-electron chi connectivity index (χ3n) is 4.78. The zero-order valence-electron chi connectivity index (χ0n) is 16.1. The molecule has 2 rings (SSSR count). The normalized spacial score (nSPS) is 15.0. The van der Waals surface area contributed by atoms with Crippen molar-refractivity contribution < 1.29 is 9.18 Å². The molecule has 1 amide bonds. The second kappa shape index (κ2) is 13.7. The number of amides is 1. The van der Waals surface area contributed by atoms with E-state index in [1.54, 1.807) is 19.2 Å². The molecule has 0 spiro atoms. The van der Waals surface area contributed by atoms with Crippen LogP contribution in [0.1, 0.15) is 44.1 Å². The number of carbonyl (C=O) groups is 1. The monoisotopic (exact) mass is 490 g/mol. The first kappa shape index (κ1) is 23.7. The molecule has 0 heterocycles. The molecule has 0 aromatic heterocycles. The second-order valence-corrected chi connectivity index (χ2v) is 6.86. The minimum Gasteiger partial charge on any atom is -0.356 e. The summed E-state index contributed by atoms with van der Waals surface area (Å²) in [4.78, 5) is 16.1. The summed E-state index contributed by atoms with van der Waals surface area (Å²) in [5, 5.41) is 9.38. The van der Waals surface area contributed by atoms with Crippen LogP contribution in [-0.4, -0.2) is 38.5 Å². The largest absolute Gasteiger partial charge is 0.356 e. The van der Waals surface area contributed by atoms with Gasteiger partial charge in [0.1, 0.15) is 5.82 Å². The van der Waals surface area contributed by atoms with Gasteiger partial charge in [-0.2, -0.15) is 0 Å². The Labute approximate surface area is 179 Å². The highest BCUT2D eigenvalue weighted by Gasteiger charge is 2.16. The first-order chi connectivity index (χ1) is 12.7. The molecule has 7 heteroatoms. The summed E-state index contributed by atoms with van der Waals surface area (Å²) >= 11 is 0. The lowest BCUT2D eigenvalue weighted by Gasteiger charge is -2.20. The molecular formula is C20H32FIN4O. The fourth-order valence-electron chi connectivity index (χ4n) is 3.31. The van der Waals surface area contributed by atoms with Gasteiger partial charge in [-0.1, -0.05) is 31.4 Å². The van der Waals surface area contributed by atoms with Gasteiger partial charge in [0.2, 0.25) is 5.91 Å². The Bertz CT molecular complexity index is 574. The fraction of sp³-hybridized carbons (Fsp3) is 0.600. The number of nitrogens with one attached hydrogen (secondary N) is 3. The molecule has 1 aromatic rings. The van der Waals surface area contributed by atoms with E-state index in [2.05, 4.69) is 20.9 Å². The molecule has 152 valence electrons. The Morgan fingerprint density at radius 3 is 2.33 bits per heavy atom. The molecule has 3 N–H and O–H groups in total. The Kier molecular flexibility index (Phi) is 12.0. The van der Waals surface area contributed by atoms with Gasteiger partial charge in [-0.05, 0) is 42.9 Å². The number of rotatable bonds is 8. The maximum atomic E-state index is 12.9. The van der Waals surface area contributed by atoms with E-state index in [9.17, 15) is 9.18 Å². The first-order valence-electron chi connectivity index (χ1n) is 9.63. The van der Waals surface area contributed by atoms with Crippen molar-refractivity contribution in [3.05, 3.63) is 35.6 Å². The van der Waals surface area contributed by atoms with Crippen molar-refractivity contribution in [1.29, 1.82) is 0 Å². The van der Waals surface area contributed by atoms with Gasteiger partial charge in [-0.15, -0.1) is 24.0 Å². The van der Waals surface area contributed by atoms with Crippen LogP contribution in [0.4, 0.5) is 4.39 Å². The summed E-state index contributed by atoms with van der Waals surface area (Å²) in [5.41, 5.74) is 1.07. The van der Waals surface area contributed by atoms with E-state index < -0.39 is 0 Å². The molecule has 0 aliphatic heterocycles. The molecule has 1 aromatic carbocycles. The molecule has 5 nitrogen and oxygen atoms in total. The van der Waals surface area contributed by atoms with Gasteiger partial charge in [0, 0.05) is 33.1 Å². The van der Waals surface area contributed by atoms with Gasteiger partial charge >= 0.3 is 0 Å². The van der Waals surface area contributed by atoms with Gasteiger partial charge in [-0.25, -0.2) is 4.39 Å². The van der Waals surface area contributed by atoms with Gasteiger partial charge < -0.3 is 16.0 Å². The van der Waals surface area contributed by atoms with Crippen LogP contribution >= 0.6 is 24.0 Å². The van der Waals surface area contributed by atoms with Crippen molar-refractivity contribution in [1.82, 2.24) is 16.0 Å². The molecule has 0 bridgehead atoms. The van der Waals surface area contributed by atoms with E-state index in [0.29, 0.717) is 37.9 Å². The maximum Gasteiger partial charge on any atom is 0.220 e. The zero-order chi connectivity index (χ0) is 18.6. The molecule has 1 aliphatic rings. The average Bonchev–Trinajstić information content (AvgIpc) is 2.66. The standard InChI is InChI=1S/C20H31FN4O.HI/c1-22-20(24-12-11-16-7-9-18(21)10-8-16)25-14-13-23-19(26)15-17-5-3-2-4-6-17;/h7-10,17H,2-6,11-15H2,1H3,(H,23,26)(H2,22,24,25);1H. The topological polar surface area (TPSA) is 65.5 Å². The lowest BCUT2D eigenvalue weighted by Crippen LogP contribution is -2.42. The predicted octanol–water partition coefficient (Wildman–Crippen LogP) is 3.24. The Morgan fingerprint density at radius 2 is 1.67 bits per heavy atom. The summed E-state index contributed by atoms with van der Waals surface area (Å²) < 4.78 is 12.9. The third kappa shape index (κ3) is 9.93. The minimum absolute atomic E-state index is 0. The van der Waals surface area contributed by atoms with Crippen LogP contribution in [-0.2, 0) is 11.2 Å². The Hall–Kier alpha value is -1.38. The number of hydrogen-bond donors (Lipinski definition) is 3. The third-order valence-corrected chi connectivity index (χ3v) is 4.78. The number of halogens is 2. The van der Waals surface area contributed by atoms with Gasteiger partial charge in [0.25, 0.3) is 0 Å². The highest BCUT2D eigenvalue weighted by atomic mass is 127. The van der Waals surface area contributed by atoms with Crippen LogP contribution in [0.3, 0.4) is 0 Å². The van der Waals surface area contributed by atoms with Crippen LogP contribution in [0.25, 0.3) is 0 Å².